The maximum absolute atomic E-state index is 13.8. The number of hydrogen-bond acceptors (Lipinski definition) is 5. The summed E-state index contributed by atoms with van der Waals surface area (Å²) in [5.74, 6) is -2.97. The van der Waals surface area contributed by atoms with Crippen LogP contribution in [0.1, 0.15) is 39.3 Å². The monoisotopic (exact) mass is 445 g/mol. The Morgan fingerprint density at radius 2 is 1.97 bits per heavy atom. The van der Waals surface area contributed by atoms with E-state index in [0.29, 0.717) is 5.56 Å². The van der Waals surface area contributed by atoms with Crippen molar-refractivity contribution in [2.24, 2.45) is 5.73 Å². The molecule has 1 unspecified atom stereocenters. The van der Waals surface area contributed by atoms with Gasteiger partial charge in [0.2, 0.25) is 0 Å². The molecule has 168 valence electrons. The van der Waals surface area contributed by atoms with Crippen LogP contribution < -0.4 is 5.73 Å². The van der Waals surface area contributed by atoms with Crippen LogP contribution in [0.5, 0.6) is 0 Å². The van der Waals surface area contributed by atoms with E-state index in [1.165, 1.54) is 4.90 Å². The first-order valence-electron chi connectivity index (χ1n) is 9.40. The molecule has 31 heavy (non-hydrogen) atoms. The Morgan fingerprint density at radius 1 is 1.26 bits per heavy atom. The van der Waals surface area contributed by atoms with Gasteiger partial charge in [-0.25, -0.2) is 18.6 Å². The predicted molar refractivity (Wildman–Crippen MR) is 99.0 cm³/mol. The lowest BCUT2D eigenvalue weighted by Gasteiger charge is -2.33. The number of carbonyl (C=O) groups is 1. The molecule has 3 rings (SSSR count). The molecule has 0 saturated heterocycles. The van der Waals surface area contributed by atoms with Gasteiger partial charge in [-0.3, -0.25) is 4.90 Å². The summed E-state index contributed by atoms with van der Waals surface area (Å²) >= 11 is 0. The van der Waals surface area contributed by atoms with Crippen molar-refractivity contribution < 1.29 is 37.0 Å². The molecular formula is C20H20F5N3O3. The van der Waals surface area contributed by atoms with Gasteiger partial charge in [-0.05, 0) is 48.2 Å². The Morgan fingerprint density at radius 3 is 2.61 bits per heavy atom. The number of carboxylic acids is 1. The molecule has 0 fully saturated rings. The molecule has 0 aliphatic carbocycles. The van der Waals surface area contributed by atoms with Crippen molar-refractivity contribution >= 4 is 5.97 Å². The van der Waals surface area contributed by atoms with Gasteiger partial charge < -0.3 is 15.9 Å². The van der Waals surface area contributed by atoms with E-state index < -0.39 is 47.3 Å². The summed E-state index contributed by atoms with van der Waals surface area (Å²) in [6.07, 6.45) is -5.99. The average Bonchev–Trinajstić information content (AvgIpc) is 2.68. The predicted octanol–water partition coefficient (Wildman–Crippen LogP) is 2.71. The number of benzene rings is 1. The number of halogens is 5. The highest BCUT2D eigenvalue weighted by molar-refractivity contribution is 5.89. The number of hydrogen-bond donors (Lipinski definition) is 3. The molecule has 2 heterocycles. The first-order chi connectivity index (χ1) is 14.5. The van der Waals surface area contributed by atoms with Crippen molar-refractivity contribution in [3.05, 3.63) is 64.0 Å². The second kappa shape index (κ2) is 8.85. The number of alkyl halides is 3. The quantitative estimate of drug-likeness (QED) is 0.592. The zero-order valence-electron chi connectivity index (χ0n) is 16.2. The number of aliphatic hydroxyl groups is 1. The number of carboxylic acid groups (broad SMARTS) is 1. The molecule has 2 atom stereocenters. The molecule has 1 aromatic carbocycles. The van der Waals surface area contributed by atoms with Crippen molar-refractivity contribution in [1.29, 1.82) is 0 Å². The molecule has 11 heteroatoms. The molecule has 4 N–H and O–H groups in total. The van der Waals surface area contributed by atoms with E-state index in [-0.39, 0.29) is 43.6 Å². The summed E-state index contributed by atoms with van der Waals surface area (Å²) < 4.78 is 66.7. The molecule has 0 spiro atoms. The van der Waals surface area contributed by atoms with Crippen molar-refractivity contribution in [3.8, 4) is 0 Å². The summed E-state index contributed by atoms with van der Waals surface area (Å²) in [6.45, 7) is 0.0990. The molecule has 1 aliphatic rings. The Balaban J connectivity index is 1.72. The number of aromatic nitrogens is 1. The maximum atomic E-state index is 13.8. The van der Waals surface area contributed by atoms with E-state index in [4.69, 9.17) is 10.8 Å². The van der Waals surface area contributed by atoms with Crippen LogP contribution in [0.25, 0.3) is 0 Å². The van der Waals surface area contributed by atoms with Crippen LogP contribution in [0, 0.1) is 11.6 Å². The lowest BCUT2D eigenvalue weighted by molar-refractivity contribution is -0.142. The highest BCUT2D eigenvalue weighted by atomic mass is 19.4. The summed E-state index contributed by atoms with van der Waals surface area (Å²) in [5, 5.41) is 19.6. The minimum absolute atomic E-state index is 0.0207. The van der Waals surface area contributed by atoms with Gasteiger partial charge in [0.25, 0.3) is 0 Å². The molecule has 0 bridgehead atoms. The Labute approximate surface area is 174 Å². The summed E-state index contributed by atoms with van der Waals surface area (Å²) in [4.78, 5) is 16.2. The van der Waals surface area contributed by atoms with Crippen LogP contribution in [0.2, 0.25) is 0 Å². The van der Waals surface area contributed by atoms with E-state index in [1.54, 1.807) is 0 Å². The fourth-order valence-electron chi connectivity index (χ4n) is 3.60. The van der Waals surface area contributed by atoms with Crippen LogP contribution in [0.3, 0.4) is 0 Å². The largest absolute Gasteiger partial charge is 0.478 e. The smallest absolute Gasteiger partial charge is 0.434 e. The first kappa shape index (κ1) is 23.0. The van der Waals surface area contributed by atoms with E-state index in [9.17, 15) is 31.9 Å². The minimum atomic E-state index is -4.94. The summed E-state index contributed by atoms with van der Waals surface area (Å²) in [5.41, 5.74) is 3.98. The van der Waals surface area contributed by atoms with Crippen LogP contribution in [0.4, 0.5) is 22.0 Å². The van der Waals surface area contributed by atoms with E-state index >= 15 is 0 Å². The SMILES string of the molecule is N[C@H](Cc1cc(F)ccc1F)CC(O)N1CCc2cc(C(=O)O)c(C(F)(F)F)nc2C1. The Hall–Kier alpha value is -2.63. The average molecular weight is 445 g/mol. The molecular weight excluding hydrogens is 425 g/mol. The molecule has 2 aromatic rings. The third-order valence-electron chi connectivity index (χ3n) is 5.14. The fourth-order valence-corrected chi connectivity index (χ4v) is 3.60. The van der Waals surface area contributed by atoms with E-state index in [2.05, 4.69) is 4.98 Å². The standard InChI is InChI=1S/C20H20F5N3O3/c21-12-1-2-15(22)11(5-12)6-13(26)8-17(29)28-4-3-10-7-14(19(30)31)18(20(23,24)25)27-16(10)9-28/h1-2,5,7,13,17,29H,3-4,6,8-9,26H2,(H,30,31)/t13-,17?/m1/s1. The number of nitrogens with zero attached hydrogens (tertiary/aromatic N) is 2. The number of aliphatic hydroxyl groups excluding tert-OH is 1. The van der Waals surface area contributed by atoms with Gasteiger partial charge >= 0.3 is 12.1 Å². The van der Waals surface area contributed by atoms with Crippen LogP contribution in [-0.2, 0) is 25.6 Å². The third-order valence-corrected chi connectivity index (χ3v) is 5.14. The Bertz CT molecular complexity index is 983. The summed E-state index contributed by atoms with van der Waals surface area (Å²) in [7, 11) is 0. The molecule has 0 radical (unpaired) electrons. The molecule has 0 amide bonds. The Kier molecular flexibility index (Phi) is 6.58. The van der Waals surface area contributed by atoms with Gasteiger partial charge in [-0.1, -0.05) is 0 Å². The number of pyridine rings is 1. The molecule has 1 aromatic heterocycles. The van der Waals surface area contributed by atoms with Gasteiger partial charge in [0, 0.05) is 25.6 Å². The second-order valence-electron chi connectivity index (χ2n) is 7.43. The zero-order valence-corrected chi connectivity index (χ0v) is 16.2. The second-order valence-corrected chi connectivity index (χ2v) is 7.43. The number of fused-ring (bicyclic) bond motifs is 1. The normalized spacial score (nSPS) is 16.6. The minimum Gasteiger partial charge on any atom is -0.478 e. The van der Waals surface area contributed by atoms with E-state index in [1.807, 2.05) is 0 Å². The van der Waals surface area contributed by atoms with E-state index in [0.717, 1.165) is 24.3 Å². The number of nitrogens with two attached hydrogens (primary N) is 1. The van der Waals surface area contributed by atoms with Gasteiger partial charge in [0.15, 0.2) is 5.69 Å². The van der Waals surface area contributed by atoms with Crippen molar-refractivity contribution in [1.82, 2.24) is 9.88 Å². The zero-order chi connectivity index (χ0) is 22.9. The van der Waals surface area contributed by atoms with Gasteiger partial charge in [0.1, 0.15) is 17.9 Å². The van der Waals surface area contributed by atoms with Crippen molar-refractivity contribution in [3.63, 3.8) is 0 Å². The van der Waals surface area contributed by atoms with Crippen LogP contribution >= 0.6 is 0 Å². The number of aromatic carboxylic acids is 1. The summed E-state index contributed by atoms with van der Waals surface area (Å²) in [6, 6.07) is 3.20. The van der Waals surface area contributed by atoms with Crippen molar-refractivity contribution in [2.75, 3.05) is 6.54 Å². The number of rotatable bonds is 6. The topological polar surface area (TPSA) is 99.7 Å². The lowest BCUT2D eigenvalue weighted by Crippen LogP contribution is -2.43. The lowest BCUT2D eigenvalue weighted by atomic mass is 9.98. The highest BCUT2D eigenvalue weighted by Crippen LogP contribution is 2.33. The molecule has 6 nitrogen and oxygen atoms in total. The molecule has 1 aliphatic heterocycles. The van der Waals surface area contributed by atoms with Gasteiger partial charge in [0.05, 0.1) is 11.3 Å². The first-order valence-corrected chi connectivity index (χ1v) is 9.40. The third kappa shape index (κ3) is 5.35. The van der Waals surface area contributed by atoms with Crippen LogP contribution in [-0.4, -0.2) is 44.9 Å². The van der Waals surface area contributed by atoms with Crippen LogP contribution in [0.15, 0.2) is 24.3 Å². The van der Waals surface area contributed by atoms with Gasteiger partial charge in [-0.15, -0.1) is 0 Å². The highest BCUT2D eigenvalue weighted by Gasteiger charge is 2.39. The maximum Gasteiger partial charge on any atom is 0.434 e. The van der Waals surface area contributed by atoms with Crippen molar-refractivity contribution in [2.45, 2.75) is 44.3 Å². The fraction of sp³-hybridized carbons (Fsp3) is 0.400. The van der Waals surface area contributed by atoms with Gasteiger partial charge in [-0.2, -0.15) is 13.2 Å². The molecule has 0 saturated carbocycles.